The van der Waals surface area contributed by atoms with E-state index in [1.165, 1.54) is 12.1 Å². The van der Waals surface area contributed by atoms with E-state index in [1.54, 1.807) is 24.4 Å². The number of pyridine rings is 1. The second-order valence-electron chi connectivity index (χ2n) is 4.70. The molecule has 23 heavy (non-hydrogen) atoms. The molecule has 0 aliphatic heterocycles. The number of aromatic nitrogens is 1. The summed E-state index contributed by atoms with van der Waals surface area (Å²) < 4.78 is 40.3. The van der Waals surface area contributed by atoms with Gasteiger partial charge in [-0.05, 0) is 24.3 Å². The summed E-state index contributed by atoms with van der Waals surface area (Å²) in [5.74, 6) is -0.951. The van der Waals surface area contributed by atoms with E-state index < -0.39 is 24.1 Å². The fourth-order valence-electron chi connectivity index (χ4n) is 1.84. The number of carbonyl (C=O) groups is 1. The van der Waals surface area contributed by atoms with E-state index >= 15 is 0 Å². The van der Waals surface area contributed by atoms with Crippen LogP contribution in [0.5, 0.6) is 5.75 Å². The molecule has 122 valence electrons. The Kier molecular flexibility index (Phi) is 5.17. The quantitative estimate of drug-likeness (QED) is 0.885. The van der Waals surface area contributed by atoms with Crippen molar-refractivity contribution in [3.05, 3.63) is 54.4 Å². The molecule has 1 atom stereocenters. The topological polar surface area (TPSA) is 77.2 Å². The average molecular weight is 325 g/mol. The fourth-order valence-corrected chi connectivity index (χ4v) is 1.84. The molecule has 0 saturated heterocycles. The molecule has 0 fully saturated rings. The van der Waals surface area contributed by atoms with Crippen molar-refractivity contribution >= 4 is 11.6 Å². The van der Waals surface area contributed by atoms with Crippen LogP contribution in [0.25, 0.3) is 0 Å². The first-order chi connectivity index (χ1) is 10.8. The third-order valence-corrected chi connectivity index (χ3v) is 2.83. The van der Waals surface area contributed by atoms with Crippen molar-refractivity contribution in [3.8, 4) is 5.75 Å². The molecule has 0 spiro atoms. The molecule has 5 nitrogen and oxygen atoms in total. The van der Waals surface area contributed by atoms with E-state index in [2.05, 4.69) is 15.0 Å². The monoisotopic (exact) mass is 325 g/mol. The smallest absolute Gasteiger partial charge is 0.406 e. The van der Waals surface area contributed by atoms with Gasteiger partial charge in [-0.1, -0.05) is 12.1 Å². The lowest BCUT2D eigenvalue weighted by Crippen LogP contribution is -2.37. The van der Waals surface area contributed by atoms with Crippen LogP contribution in [0, 0.1) is 0 Å². The number of rotatable bonds is 5. The van der Waals surface area contributed by atoms with Crippen LogP contribution in [-0.4, -0.2) is 23.3 Å². The van der Waals surface area contributed by atoms with Crippen molar-refractivity contribution in [2.45, 2.75) is 18.8 Å². The number of hydrogen-bond donors (Lipinski definition) is 2. The Morgan fingerprint density at radius 3 is 2.70 bits per heavy atom. The van der Waals surface area contributed by atoms with E-state index in [-0.39, 0.29) is 12.1 Å². The van der Waals surface area contributed by atoms with E-state index in [4.69, 9.17) is 5.73 Å². The first-order valence-corrected chi connectivity index (χ1v) is 6.65. The van der Waals surface area contributed by atoms with E-state index in [1.807, 2.05) is 0 Å². The second kappa shape index (κ2) is 7.10. The molecular weight excluding hydrogens is 311 g/mol. The van der Waals surface area contributed by atoms with Crippen LogP contribution in [0.15, 0.2) is 48.7 Å². The molecule has 0 aliphatic carbocycles. The number of carbonyl (C=O) groups excluding carboxylic acids is 1. The summed E-state index contributed by atoms with van der Waals surface area (Å²) in [6.07, 6.45) is -3.00. The molecule has 2 rings (SSSR count). The van der Waals surface area contributed by atoms with Crippen LogP contribution < -0.4 is 15.8 Å². The van der Waals surface area contributed by atoms with Gasteiger partial charge in [-0.2, -0.15) is 0 Å². The van der Waals surface area contributed by atoms with Gasteiger partial charge in [-0.3, -0.25) is 9.78 Å². The zero-order valence-electron chi connectivity index (χ0n) is 11.9. The number of benzene rings is 1. The summed E-state index contributed by atoms with van der Waals surface area (Å²) in [7, 11) is 0. The first-order valence-electron chi connectivity index (χ1n) is 6.65. The lowest BCUT2D eigenvalue weighted by molar-refractivity contribution is -0.274. The third-order valence-electron chi connectivity index (χ3n) is 2.83. The maximum Gasteiger partial charge on any atom is 0.573 e. The van der Waals surface area contributed by atoms with Crippen LogP contribution in [0.2, 0.25) is 0 Å². The number of anilines is 1. The molecule has 0 radical (unpaired) electrons. The number of ether oxygens (including phenoxy) is 1. The van der Waals surface area contributed by atoms with Crippen molar-refractivity contribution < 1.29 is 22.7 Å². The number of alkyl halides is 3. The Balaban J connectivity index is 1.98. The van der Waals surface area contributed by atoms with Gasteiger partial charge in [0.2, 0.25) is 5.91 Å². The highest BCUT2D eigenvalue weighted by Crippen LogP contribution is 2.25. The maximum absolute atomic E-state index is 12.2. The van der Waals surface area contributed by atoms with Crippen LogP contribution in [0.4, 0.5) is 18.9 Å². The Bertz CT molecular complexity index is 663. The molecular formula is C15H14F3N3O2. The van der Waals surface area contributed by atoms with Crippen LogP contribution in [0.3, 0.4) is 0 Å². The molecule has 1 aromatic carbocycles. The zero-order valence-corrected chi connectivity index (χ0v) is 11.9. The first kappa shape index (κ1) is 16.8. The van der Waals surface area contributed by atoms with E-state index in [0.717, 1.165) is 12.1 Å². The molecule has 0 saturated carbocycles. The van der Waals surface area contributed by atoms with Crippen molar-refractivity contribution in [1.82, 2.24) is 4.98 Å². The third kappa shape index (κ3) is 5.59. The zero-order chi connectivity index (χ0) is 16.9. The standard InChI is InChI=1S/C15H14F3N3O2/c16-15(17,18)23-12-6-3-5-11(8-12)21-14(22)13(19)9-10-4-1-2-7-20-10/h1-8,13H,9,19H2,(H,21,22)/t13-/m1/s1. The molecule has 0 bridgehead atoms. The average Bonchev–Trinajstić information content (AvgIpc) is 2.46. The van der Waals surface area contributed by atoms with Gasteiger partial charge in [0.25, 0.3) is 0 Å². The largest absolute Gasteiger partial charge is 0.573 e. The number of halogens is 3. The van der Waals surface area contributed by atoms with Crippen LogP contribution in [0.1, 0.15) is 5.69 Å². The Hall–Kier alpha value is -2.61. The van der Waals surface area contributed by atoms with Gasteiger partial charge in [0.15, 0.2) is 0 Å². The summed E-state index contributed by atoms with van der Waals surface area (Å²) >= 11 is 0. The molecule has 0 aliphatic rings. The lowest BCUT2D eigenvalue weighted by Gasteiger charge is -2.13. The highest BCUT2D eigenvalue weighted by molar-refractivity contribution is 5.94. The predicted octanol–water partition coefficient (Wildman–Crippen LogP) is 2.49. The summed E-state index contributed by atoms with van der Waals surface area (Å²) in [5, 5.41) is 2.45. The van der Waals surface area contributed by atoms with Crippen LogP contribution in [-0.2, 0) is 11.2 Å². The van der Waals surface area contributed by atoms with Crippen LogP contribution >= 0.6 is 0 Å². The number of hydrogen-bond acceptors (Lipinski definition) is 4. The number of nitrogens with zero attached hydrogens (tertiary/aromatic N) is 1. The number of nitrogens with two attached hydrogens (primary N) is 1. The summed E-state index contributed by atoms with van der Waals surface area (Å²) in [6, 6.07) is 9.33. The van der Waals surface area contributed by atoms with Gasteiger partial charge in [0.05, 0.1) is 6.04 Å². The number of amides is 1. The minimum atomic E-state index is -4.79. The lowest BCUT2D eigenvalue weighted by atomic mass is 10.1. The Labute approximate surface area is 130 Å². The highest BCUT2D eigenvalue weighted by Gasteiger charge is 2.31. The minimum Gasteiger partial charge on any atom is -0.406 e. The SMILES string of the molecule is N[C@H](Cc1ccccn1)C(=O)Nc1cccc(OC(F)(F)F)c1. The summed E-state index contributed by atoms with van der Waals surface area (Å²) in [6.45, 7) is 0. The normalized spacial score (nSPS) is 12.5. The van der Waals surface area contributed by atoms with Gasteiger partial charge in [-0.25, -0.2) is 0 Å². The van der Waals surface area contributed by atoms with Crippen molar-refractivity contribution in [2.75, 3.05) is 5.32 Å². The number of nitrogens with one attached hydrogen (secondary N) is 1. The molecule has 1 aromatic heterocycles. The minimum absolute atomic E-state index is 0.160. The van der Waals surface area contributed by atoms with Gasteiger partial charge < -0.3 is 15.8 Å². The van der Waals surface area contributed by atoms with Gasteiger partial charge in [-0.15, -0.1) is 13.2 Å². The molecule has 2 aromatic rings. The Morgan fingerprint density at radius 2 is 2.04 bits per heavy atom. The highest BCUT2D eigenvalue weighted by atomic mass is 19.4. The Morgan fingerprint density at radius 1 is 1.26 bits per heavy atom. The van der Waals surface area contributed by atoms with Crippen molar-refractivity contribution in [2.24, 2.45) is 5.73 Å². The van der Waals surface area contributed by atoms with Gasteiger partial charge in [0, 0.05) is 30.1 Å². The van der Waals surface area contributed by atoms with Gasteiger partial charge in [0.1, 0.15) is 5.75 Å². The molecule has 3 N–H and O–H groups in total. The maximum atomic E-state index is 12.2. The van der Waals surface area contributed by atoms with Gasteiger partial charge >= 0.3 is 6.36 Å². The molecule has 1 amide bonds. The molecule has 1 heterocycles. The molecule has 0 unspecified atom stereocenters. The second-order valence-corrected chi connectivity index (χ2v) is 4.70. The summed E-state index contributed by atoms with van der Waals surface area (Å²) in [5.41, 5.74) is 6.58. The fraction of sp³-hybridized carbons (Fsp3) is 0.200. The summed E-state index contributed by atoms with van der Waals surface area (Å²) in [4.78, 5) is 16.0. The van der Waals surface area contributed by atoms with E-state index in [0.29, 0.717) is 5.69 Å². The van der Waals surface area contributed by atoms with Crippen molar-refractivity contribution in [1.29, 1.82) is 0 Å². The van der Waals surface area contributed by atoms with E-state index in [9.17, 15) is 18.0 Å². The predicted molar refractivity (Wildman–Crippen MR) is 77.7 cm³/mol. The molecule has 8 heteroatoms. The van der Waals surface area contributed by atoms with Crippen molar-refractivity contribution in [3.63, 3.8) is 0 Å².